The molecule has 2 aliphatic carbocycles. The van der Waals surface area contributed by atoms with Crippen LogP contribution in [0.5, 0.6) is 5.75 Å². The van der Waals surface area contributed by atoms with Gasteiger partial charge in [-0.2, -0.15) is 0 Å². The van der Waals surface area contributed by atoms with E-state index >= 15 is 0 Å². The Kier molecular flexibility index (Phi) is 3.40. The van der Waals surface area contributed by atoms with Gasteiger partial charge in [0.15, 0.2) is 5.75 Å². The molecule has 0 amide bonds. The van der Waals surface area contributed by atoms with Crippen LogP contribution >= 0.6 is 0 Å². The van der Waals surface area contributed by atoms with Gasteiger partial charge in [-0.25, -0.2) is 0 Å². The minimum Gasteiger partial charge on any atom is -0.483 e. The molecule has 114 valence electrons. The first-order valence-electron chi connectivity index (χ1n) is 7.54. The number of rotatable bonds is 3. The van der Waals surface area contributed by atoms with Crippen molar-refractivity contribution in [3.05, 3.63) is 33.4 Å². The molecule has 1 aromatic carbocycles. The molecule has 0 heterocycles. The zero-order chi connectivity index (χ0) is 15.2. The van der Waals surface area contributed by atoms with E-state index in [-0.39, 0.29) is 28.2 Å². The summed E-state index contributed by atoms with van der Waals surface area (Å²) < 4.78 is 6.04. The average molecular weight is 291 g/mol. The lowest BCUT2D eigenvalue weighted by Gasteiger charge is -2.51. The van der Waals surface area contributed by atoms with E-state index in [1.54, 1.807) is 6.07 Å². The van der Waals surface area contributed by atoms with Gasteiger partial charge in [-0.1, -0.05) is 18.9 Å². The number of aliphatic hydroxyl groups is 1. The van der Waals surface area contributed by atoms with Crippen molar-refractivity contribution in [1.82, 2.24) is 0 Å². The second-order valence-corrected chi connectivity index (χ2v) is 6.49. The number of aryl methyl sites for hydroxylation is 2. The van der Waals surface area contributed by atoms with E-state index in [9.17, 15) is 15.2 Å². The first kappa shape index (κ1) is 14.3. The summed E-state index contributed by atoms with van der Waals surface area (Å²) in [6, 6.07) is 3.46. The summed E-state index contributed by atoms with van der Waals surface area (Å²) in [5.41, 5.74) is 1.50. The zero-order valence-electron chi connectivity index (χ0n) is 12.5. The fraction of sp³-hybridized carbons (Fsp3) is 0.625. The summed E-state index contributed by atoms with van der Waals surface area (Å²) >= 11 is 0. The third kappa shape index (κ3) is 2.20. The van der Waals surface area contributed by atoms with Crippen molar-refractivity contribution in [1.29, 1.82) is 0 Å². The number of ether oxygens (including phenoxy) is 1. The van der Waals surface area contributed by atoms with Crippen LogP contribution in [0.2, 0.25) is 0 Å². The number of nitrogens with zero attached hydrogens (tertiary/aromatic N) is 1. The van der Waals surface area contributed by atoms with Gasteiger partial charge in [-0.05, 0) is 37.8 Å². The molecule has 0 aromatic heterocycles. The summed E-state index contributed by atoms with van der Waals surface area (Å²) in [4.78, 5) is 10.9. The third-order valence-corrected chi connectivity index (χ3v) is 5.13. The summed E-state index contributed by atoms with van der Waals surface area (Å²) in [5.74, 6) is 0.369. The molecule has 5 heteroatoms. The summed E-state index contributed by atoms with van der Waals surface area (Å²) in [5, 5.41) is 21.4. The lowest BCUT2D eigenvalue weighted by Crippen LogP contribution is -2.58. The lowest BCUT2D eigenvalue weighted by molar-refractivity contribution is -0.386. The van der Waals surface area contributed by atoms with Crippen LogP contribution in [-0.2, 0) is 0 Å². The molecule has 2 unspecified atom stereocenters. The quantitative estimate of drug-likeness (QED) is 0.685. The molecule has 1 N–H and O–H groups in total. The van der Waals surface area contributed by atoms with Crippen LogP contribution < -0.4 is 4.74 Å². The van der Waals surface area contributed by atoms with Crippen molar-refractivity contribution in [2.45, 2.75) is 58.2 Å². The highest BCUT2D eigenvalue weighted by Gasteiger charge is 2.57. The number of benzene rings is 1. The van der Waals surface area contributed by atoms with E-state index in [0.717, 1.165) is 36.8 Å². The molecule has 2 saturated carbocycles. The first-order valence-corrected chi connectivity index (χ1v) is 7.54. The van der Waals surface area contributed by atoms with Gasteiger partial charge in [-0.3, -0.25) is 10.1 Å². The van der Waals surface area contributed by atoms with Gasteiger partial charge in [0.1, 0.15) is 6.10 Å². The first-order chi connectivity index (χ1) is 9.94. The van der Waals surface area contributed by atoms with Crippen LogP contribution in [0.3, 0.4) is 0 Å². The zero-order valence-corrected chi connectivity index (χ0v) is 12.5. The summed E-state index contributed by atoms with van der Waals surface area (Å²) in [7, 11) is 0. The maximum Gasteiger partial charge on any atom is 0.311 e. The highest BCUT2D eigenvalue weighted by molar-refractivity contribution is 5.54. The Hall–Kier alpha value is -1.62. The largest absolute Gasteiger partial charge is 0.483 e. The maximum atomic E-state index is 11.3. The number of hydrogen-bond donors (Lipinski definition) is 1. The molecular formula is C16H21NO4. The van der Waals surface area contributed by atoms with Gasteiger partial charge >= 0.3 is 5.69 Å². The van der Waals surface area contributed by atoms with Crippen LogP contribution in [0, 0.1) is 29.4 Å². The summed E-state index contributed by atoms with van der Waals surface area (Å²) in [6.45, 7) is 3.68. The predicted molar refractivity (Wildman–Crippen MR) is 78.5 cm³/mol. The topological polar surface area (TPSA) is 72.6 Å². The molecule has 0 aliphatic heterocycles. The van der Waals surface area contributed by atoms with E-state index in [0.29, 0.717) is 12.2 Å². The molecule has 2 fully saturated rings. The fourth-order valence-electron chi connectivity index (χ4n) is 3.94. The van der Waals surface area contributed by atoms with Crippen molar-refractivity contribution in [2.75, 3.05) is 0 Å². The molecule has 0 radical (unpaired) electrons. The van der Waals surface area contributed by atoms with Gasteiger partial charge in [0.2, 0.25) is 0 Å². The molecule has 0 bridgehead atoms. The molecule has 1 spiro atoms. The molecular weight excluding hydrogens is 270 g/mol. The van der Waals surface area contributed by atoms with Gasteiger partial charge in [0.25, 0.3) is 0 Å². The second-order valence-electron chi connectivity index (χ2n) is 6.49. The Bertz CT molecular complexity index is 578. The highest BCUT2D eigenvalue weighted by atomic mass is 16.6. The van der Waals surface area contributed by atoms with Crippen molar-refractivity contribution in [3.8, 4) is 5.75 Å². The van der Waals surface area contributed by atoms with E-state index in [2.05, 4.69) is 0 Å². The Morgan fingerprint density at radius 3 is 2.57 bits per heavy atom. The number of hydrogen-bond acceptors (Lipinski definition) is 4. The fourth-order valence-corrected chi connectivity index (χ4v) is 3.94. The minimum absolute atomic E-state index is 0.0297. The van der Waals surface area contributed by atoms with Crippen molar-refractivity contribution >= 4 is 5.69 Å². The molecule has 1 aromatic rings. The van der Waals surface area contributed by atoms with Gasteiger partial charge in [0.05, 0.1) is 11.0 Å². The molecule has 2 atom stereocenters. The Morgan fingerprint density at radius 2 is 2.00 bits per heavy atom. The van der Waals surface area contributed by atoms with E-state index in [1.165, 1.54) is 0 Å². The van der Waals surface area contributed by atoms with Crippen LogP contribution in [0.15, 0.2) is 12.1 Å². The normalized spacial score (nSPS) is 26.6. The molecule has 21 heavy (non-hydrogen) atoms. The summed E-state index contributed by atoms with van der Waals surface area (Å²) in [6.07, 6.45) is 4.27. The Morgan fingerprint density at radius 1 is 1.33 bits per heavy atom. The smallest absolute Gasteiger partial charge is 0.311 e. The minimum atomic E-state index is -0.383. The Labute approximate surface area is 124 Å². The highest BCUT2D eigenvalue weighted by Crippen LogP contribution is 2.55. The maximum absolute atomic E-state index is 11.3. The molecule has 2 aliphatic rings. The molecule has 0 saturated heterocycles. The monoisotopic (exact) mass is 291 g/mol. The van der Waals surface area contributed by atoms with Gasteiger partial charge in [0, 0.05) is 17.9 Å². The van der Waals surface area contributed by atoms with Gasteiger partial charge < -0.3 is 9.84 Å². The van der Waals surface area contributed by atoms with Crippen molar-refractivity contribution < 1.29 is 14.8 Å². The SMILES string of the molecule is Cc1cc(C)c(OC2CC(O)C23CCCC3)c([N+](=O)[O-])c1. The molecule has 3 rings (SSSR count). The van der Waals surface area contributed by atoms with Crippen LogP contribution in [0.25, 0.3) is 0 Å². The van der Waals surface area contributed by atoms with Gasteiger partial charge in [-0.15, -0.1) is 0 Å². The number of aliphatic hydroxyl groups excluding tert-OH is 1. The number of nitro benzene ring substituents is 1. The Balaban J connectivity index is 1.90. The predicted octanol–water partition coefficient (Wildman–Crippen LogP) is 3.28. The average Bonchev–Trinajstić information content (AvgIpc) is 2.92. The van der Waals surface area contributed by atoms with E-state index in [4.69, 9.17) is 4.74 Å². The van der Waals surface area contributed by atoms with Crippen molar-refractivity contribution in [3.63, 3.8) is 0 Å². The third-order valence-electron chi connectivity index (χ3n) is 5.13. The molecule has 5 nitrogen and oxygen atoms in total. The lowest BCUT2D eigenvalue weighted by atomic mass is 9.62. The van der Waals surface area contributed by atoms with Crippen LogP contribution in [-0.4, -0.2) is 22.2 Å². The standard InChI is InChI=1S/C16H21NO4/c1-10-7-11(2)15(12(8-10)17(19)20)21-14-9-13(18)16(14)5-3-4-6-16/h7-8,13-14,18H,3-6,9H2,1-2H3. The van der Waals surface area contributed by atoms with Crippen molar-refractivity contribution in [2.24, 2.45) is 5.41 Å². The van der Waals surface area contributed by atoms with Crippen LogP contribution in [0.4, 0.5) is 5.69 Å². The van der Waals surface area contributed by atoms with E-state index < -0.39 is 0 Å². The van der Waals surface area contributed by atoms with E-state index in [1.807, 2.05) is 19.9 Å². The van der Waals surface area contributed by atoms with Crippen LogP contribution in [0.1, 0.15) is 43.2 Å². The number of nitro groups is 1. The second kappa shape index (κ2) is 4.98.